The van der Waals surface area contributed by atoms with Gasteiger partial charge < -0.3 is 19.5 Å². The van der Waals surface area contributed by atoms with Gasteiger partial charge in [-0.3, -0.25) is 14.6 Å². The molecule has 2 aromatic rings. The van der Waals surface area contributed by atoms with E-state index in [0.29, 0.717) is 17.1 Å². The lowest BCUT2D eigenvalue weighted by Gasteiger charge is -2.17. The summed E-state index contributed by atoms with van der Waals surface area (Å²) in [6.45, 7) is 1.74. The number of nitrogens with zero attached hydrogens (tertiary/aromatic N) is 1. The Morgan fingerprint density at radius 2 is 1.96 bits per heavy atom. The first-order valence-electron chi connectivity index (χ1n) is 7.37. The zero-order chi connectivity index (χ0) is 16.9. The Kier molecular flexibility index (Phi) is 4.60. The Bertz CT molecular complexity index is 748. The van der Waals surface area contributed by atoms with Crippen molar-refractivity contribution in [3.05, 3.63) is 53.9 Å². The first kappa shape index (κ1) is 15.8. The molecule has 0 fully saturated rings. The summed E-state index contributed by atoms with van der Waals surface area (Å²) in [7, 11) is 0. The number of aromatic nitrogens is 1. The van der Waals surface area contributed by atoms with Crippen LogP contribution in [0.1, 0.15) is 24.2 Å². The molecular formula is C17H16N2O5. The molecule has 24 heavy (non-hydrogen) atoms. The molecule has 2 heterocycles. The number of hydrogen-bond acceptors (Lipinski definition) is 6. The van der Waals surface area contributed by atoms with E-state index in [1.54, 1.807) is 24.3 Å². The van der Waals surface area contributed by atoms with Crippen LogP contribution in [-0.2, 0) is 20.9 Å². The van der Waals surface area contributed by atoms with E-state index in [2.05, 4.69) is 10.3 Å². The molecule has 3 rings (SSSR count). The molecule has 1 aliphatic heterocycles. The third-order valence-electron chi connectivity index (χ3n) is 3.43. The molecule has 1 aromatic carbocycles. The van der Waals surface area contributed by atoms with Crippen molar-refractivity contribution >= 4 is 11.9 Å². The Labute approximate surface area is 138 Å². The molecule has 1 amide bonds. The number of benzene rings is 1. The third kappa shape index (κ3) is 3.62. The SMILES string of the molecule is CC(=O)OC(C(=O)NCc1ccc2c(c1)OCO2)c1ccncc1. The number of rotatable bonds is 5. The van der Waals surface area contributed by atoms with E-state index in [1.807, 2.05) is 6.07 Å². The molecule has 1 unspecified atom stereocenters. The third-order valence-corrected chi connectivity index (χ3v) is 3.43. The van der Waals surface area contributed by atoms with Crippen LogP contribution >= 0.6 is 0 Å². The van der Waals surface area contributed by atoms with Crippen LogP contribution in [0.3, 0.4) is 0 Å². The molecule has 1 atom stereocenters. The van der Waals surface area contributed by atoms with Gasteiger partial charge in [0.1, 0.15) is 0 Å². The van der Waals surface area contributed by atoms with Crippen molar-refractivity contribution < 1.29 is 23.8 Å². The largest absolute Gasteiger partial charge is 0.454 e. The molecule has 0 radical (unpaired) electrons. The first-order valence-corrected chi connectivity index (χ1v) is 7.37. The van der Waals surface area contributed by atoms with Crippen molar-refractivity contribution in [2.45, 2.75) is 19.6 Å². The van der Waals surface area contributed by atoms with E-state index < -0.39 is 18.0 Å². The van der Waals surface area contributed by atoms with E-state index in [4.69, 9.17) is 14.2 Å². The number of carbonyl (C=O) groups excluding carboxylic acids is 2. The van der Waals surface area contributed by atoms with Gasteiger partial charge >= 0.3 is 5.97 Å². The van der Waals surface area contributed by atoms with Crippen molar-refractivity contribution in [2.75, 3.05) is 6.79 Å². The first-order chi connectivity index (χ1) is 11.6. The second-order valence-corrected chi connectivity index (χ2v) is 5.18. The highest BCUT2D eigenvalue weighted by Crippen LogP contribution is 2.32. The normalized spacial score (nSPS) is 13.2. The monoisotopic (exact) mass is 328 g/mol. The number of hydrogen-bond donors (Lipinski definition) is 1. The molecule has 124 valence electrons. The minimum Gasteiger partial charge on any atom is -0.454 e. The number of nitrogens with one attached hydrogen (secondary N) is 1. The van der Waals surface area contributed by atoms with Crippen molar-refractivity contribution in [3.8, 4) is 11.5 Å². The summed E-state index contributed by atoms with van der Waals surface area (Å²) in [6.07, 6.45) is 2.06. The van der Waals surface area contributed by atoms with Crippen molar-refractivity contribution in [1.29, 1.82) is 0 Å². The van der Waals surface area contributed by atoms with Gasteiger partial charge in [0.05, 0.1) is 0 Å². The van der Waals surface area contributed by atoms with Gasteiger partial charge in [-0.15, -0.1) is 0 Å². The minimum atomic E-state index is -1.01. The van der Waals surface area contributed by atoms with E-state index in [1.165, 1.54) is 19.3 Å². The second-order valence-electron chi connectivity index (χ2n) is 5.18. The topological polar surface area (TPSA) is 86.8 Å². The van der Waals surface area contributed by atoms with Crippen LogP contribution < -0.4 is 14.8 Å². The summed E-state index contributed by atoms with van der Waals surface area (Å²) in [5.74, 6) is 0.385. The van der Waals surface area contributed by atoms with E-state index in [9.17, 15) is 9.59 Å². The summed E-state index contributed by atoms with van der Waals surface area (Å²) in [5.41, 5.74) is 1.41. The smallest absolute Gasteiger partial charge is 0.303 e. The highest BCUT2D eigenvalue weighted by atomic mass is 16.7. The molecule has 1 aliphatic rings. The maximum atomic E-state index is 12.4. The van der Waals surface area contributed by atoms with Crippen LogP contribution in [0.4, 0.5) is 0 Å². The number of fused-ring (bicyclic) bond motifs is 1. The number of pyridine rings is 1. The predicted octanol–water partition coefficient (Wildman–Crippen LogP) is 1.73. The summed E-state index contributed by atoms with van der Waals surface area (Å²) in [5, 5.41) is 2.76. The molecule has 0 bridgehead atoms. The number of carbonyl (C=O) groups is 2. The molecule has 0 saturated heterocycles. The van der Waals surface area contributed by atoms with Crippen LogP contribution in [0.5, 0.6) is 11.5 Å². The molecular weight excluding hydrogens is 312 g/mol. The van der Waals surface area contributed by atoms with Gasteiger partial charge in [-0.1, -0.05) is 6.07 Å². The standard InChI is InChI=1S/C17H16N2O5/c1-11(20)24-16(13-4-6-18-7-5-13)17(21)19-9-12-2-3-14-15(8-12)23-10-22-14/h2-8,16H,9-10H2,1H3,(H,19,21). The number of amides is 1. The van der Waals surface area contributed by atoms with Crippen molar-refractivity contribution in [3.63, 3.8) is 0 Å². The zero-order valence-corrected chi connectivity index (χ0v) is 13.0. The van der Waals surface area contributed by atoms with Gasteiger partial charge in [-0.05, 0) is 29.8 Å². The molecule has 0 spiro atoms. The fourth-order valence-electron chi connectivity index (χ4n) is 2.31. The van der Waals surface area contributed by atoms with Crippen LogP contribution in [0.2, 0.25) is 0 Å². The van der Waals surface area contributed by atoms with E-state index in [0.717, 1.165) is 5.56 Å². The molecule has 7 heteroatoms. The Morgan fingerprint density at radius 1 is 1.21 bits per heavy atom. The lowest BCUT2D eigenvalue weighted by atomic mass is 10.1. The lowest BCUT2D eigenvalue weighted by Crippen LogP contribution is -2.31. The van der Waals surface area contributed by atoms with Crippen LogP contribution in [0, 0.1) is 0 Å². The average Bonchev–Trinajstić information content (AvgIpc) is 3.06. The number of ether oxygens (including phenoxy) is 3. The van der Waals surface area contributed by atoms with Crippen LogP contribution in [0.25, 0.3) is 0 Å². The van der Waals surface area contributed by atoms with Gasteiger partial charge in [-0.25, -0.2) is 0 Å². The maximum absolute atomic E-state index is 12.4. The Morgan fingerprint density at radius 3 is 2.71 bits per heavy atom. The molecule has 0 saturated carbocycles. The fourth-order valence-corrected chi connectivity index (χ4v) is 2.31. The van der Waals surface area contributed by atoms with Gasteiger partial charge in [0.15, 0.2) is 11.5 Å². The summed E-state index contributed by atoms with van der Waals surface area (Å²) >= 11 is 0. The van der Waals surface area contributed by atoms with Gasteiger partial charge in [0.25, 0.3) is 5.91 Å². The Hall–Kier alpha value is -3.09. The van der Waals surface area contributed by atoms with Gasteiger partial charge in [0.2, 0.25) is 12.9 Å². The van der Waals surface area contributed by atoms with Gasteiger partial charge in [-0.2, -0.15) is 0 Å². The lowest BCUT2D eigenvalue weighted by molar-refractivity contribution is -0.154. The quantitative estimate of drug-likeness (QED) is 0.841. The summed E-state index contributed by atoms with van der Waals surface area (Å²) in [4.78, 5) is 27.6. The molecule has 1 N–H and O–H groups in total. The van der Waals surface area contributed by atoms with Crippen LogP contribution in [0.15, 0.2) is 42.7 Å². The fraction of sp³-hybridized carbons (Fsp3) is 0.235. The van der Waals surface area contributed by atoms with Gasteiger partial charge in [0, 0.05) is 31.4 Å². The second kappa shape index (κ2) is 6.99. The molecule has 7 nitrogen and oxygen atoms in total. The Balaban J connectivity index is 1.68. The van der Waals surface area contributed by atoms with E-state index >= 15 is 0 Å². The number of esters is 1. The zero-order valence-electron chi connectivity index (χ0n) is 13.0. The molecule has 0 aliphatic carbocycles. The van der Waals surface area contributed by atoms with Crippen LogP contribution in [-0.4, -0.2) is 23.7 Å². The van der Waals surface area contributed by atoms with Crippen molar-refractivity contribution in [2.24, 2.45) is 0 Å². The van der Waals surface area contributed by atoms with Crippen molar-refractivity contribution in [1.82, 2.24) is 10.3 Å². The highest BCUT2D eigenvalue weighted by molar-refractivity contribution is 5.84. The summed E-state index contributed by atoms with van der Waals surface area (Å²) in [6, 6.07) is 8.69. The average molecular weight is 328 g/mol. The van der Waals surface area contributed by atoms with E-state index in [-0.39, 0.29) is 13.3 Å². The minimum absolute atomic E-state index is 0.196. The molecule has 1 aromatic heterocycles. The summed E-state index contributed by atoms with van der Waals surface area (Å²) < 4.78 is 15.7. The highest BCUT2D eigenvalue weighted by Gasteiger charge is 2.23. The maximum Gasteiger partial charge on any atom is 0.303 e. The predicted molar refractivity (Wildman–Crippen MR) is 83.2 cm³/mol.